The van der Waals surface area contributed by atoms with Crippen LogP contribution in [0.3, 0.4) is 0 Å². The highest BCUT2D eigenvalue weighted by molar-refractivity contribution is 5.55. The van der Waals surface area contributed by atoms with Crippen molar-refractivity contribution in [1.82, 2.24) is 0 Å². The van der Waals surface area contributed by atoms with Crippen LogP contribution >= 0.6 is 0 Å². The molecule has 0 radical (unpaired) electrons. The van der Waals surface area contributed by atoms with E-state index < -0.39 is 0 Å². The summed E-state index contributed by atoms with van der Waals surface area (Å²) in [6, 6.07) is 9.47. The molecule has 0 spiro atoms. The molecule has 0 aromatic heterocycles. The fraction of sp³-hybridized carbons (Fsp3) is 0.400. The highest BCUT2D eigenvalue weighted by atomic mass is 16.5. The molecule has 0 atom stereocenters. The summed E-state index contributed by atoms with van der Waals surface area (Å²) in [5.74, 6) is 0.786. The third-order valence-corrected chi connectivity index (χ3v) is 1.43. The first-order chi connectivity index (χ1) is 5.97. The van der Waals surface area contributed by atoms with Crippen molar-refractivity contribution in [3.63, 3.8) is 0 Å². The molecule has 66 valence electrons. The lowest BCUT2D eigenvalue weighted by Gasteiger charge is -2.15. The number of fused-ring (bicyclic) bond motifs is 1. The fourth-order valence-corrected chi connectivity index (χ4v) is 0.967. The van der Waals surface area contributed by atoms with Crippen molar-refractivity contribution in [2.75, 3.05) is 18.5 Å². The maximum atomic E-state index is 5.27. The number of anilines is 1. The van der Waals surface area contributed by atoms with Gasteiger partial charge in [-0.2, -0.15) is 0 Å². The van der Waals surface area contributed by atoms with Gasteiger partial charge in [0.15, 0.2) is 5.75 Å². The molecule has 1 aliphatic rings. The van der Waals surface area contributed by atoms with Gasteiger partial charge in [-0.25, -0.2) is 0 Å². The average Bonchev–Trinajstić information content (AvgIpc) is 2.21. The summed E-state index contributed by atoms with van der Waals surface area (Å²) in [5.41, 5.74) is 1.02. The van der Waals surface area contributed by atoms with E-state index in [1.807, 2.05) is 26.0 Å². The third kappa shape index (κ3) is 1.82. The van der Waals surface area contributed by atoms with Gasteiger partial charge in [0.1, 0.15) is 6.61 Å². The van der Waals surface area contributed by atoms with E-state index in [-0.39, 0.29) is 1.43 Å². The summed E-state index contributed by atoms with van der Waals surface area (Å²) in [6.45, 7) is 5.60. The second kappa shape index (κ2) is 4.50. The molecule has 0 bridgehead atoms. The molecule has 2 rings (SSSR count). The topological polar surface area (TPSA) is 21.3 Å². The quantitative estimate of drug-likeness (QED) is 0.637. The second-order valence-electron chi connectivity index (χ2n) is 2.12. The van der Waals surface area contributed by atoms with Gasteiger partial charge in [-0.05, 0) is 18.2 Å². The van der Waals surface area contributed by atoms with Crippen LogP contribution in [-0.2, 0) is 0 Å². The van der Waals surface area contributed by atoms with E-state index in [0.29, 0.717) is 0 Å². The van der Waals surface area contributed by atoms with Gasteiger partial charge in [0.25, 0.3) is 0 Å². The Balaban J connectivity index is 0.000000451. The zero-order chi connectivity index (χ0) is 8.81. The largest absolute Gasteiger partial charge is 0.482 e. The second-order valence-corrected chi connectivity index (χ2v) is 2.12. The summed E-state index contributed by atoms with van der Waals surface area (Å²) in [4.78, 5) is 0. The Morgan fingerprint density at radius 2 is 2.42 bits per heavy atom. The Bertz CT molecular complexity index is 215. The zero-order valence-electron chi connectivity index (χ0n) is 7.48. The maximum absolute atomic E-state index is 5.27. The minimum atomic E-state index is 0. The van der Waals surface area contributed by atoms with Crippen molar-refractivity contribution < 1.29 is 6.16 Å². The van der Waals surface area contributed by atoms with Crippen LogP contribution in [0.5, 0.6) is 5.75 Å². The summed E-state index contributed by atoms with van der Waals surface area (Å²) >= 11 is 0. The molecule has 0 saturated carbocycles. The van der Waals surface area contributed by atoms with Crippen LogP contribution in [0, 0.1) is 12.1 Å². The highest BCUT2D eigenvalue weighted by Gasteiger charge is 2.05. The first-order valence-corrected chi connectivity index (χ1v) is 4.26. The minimum Gasteiger partial charge on any atom is -0.482 e. The molecule has 1 heterocycles. The van der Waals surface area contributed by atoms with Crippen molar-refractivity contribution in [2.45, 2.75) is 13.8 Å². The van der Waals surface area contributed by atoms with E-state index in [9.17, 15) is 0 Å². The van der Waals surface area contributed by atoms with Crippen LogP contribution in [0.1, 0.15) is 15.3 Å². The fourth-order valence-electron chi connectivity index (χ4n) is 0.967. The van der Waals surface area contributed by atoms with Gasteiger partial charge < -0.3 is 10.1 Å². The van der Waals surface area contributed by atoms with E-state index >= 15 is 0 Å². The number of hydrogen-bond donors (Lipinski definition) is 1. The van der Waals surface area contributed by atoms with E-state index in [4.69, 9.17) is 4.74 Å². The molecule has 1 aromatic rings. The van der Waals surface area contributed by atoms with E-state index in [0.717, 1.165) is 24.6 Å². The van der Waals surface area contributed by atoms with E-state index in [1.54, 1.807) is 0 Å². The Morgan fingerprint density at radius 1 is 1.58 bits per heavy atom. The van der Waals surface area contributed by atoms with Gasteiger partial charge >= 0.3 is 0 Å². The summed E-state index contributed by atoms with van der Waals surface area (Å²) in [5, 5.41) is 3.19. The van der Waals surface area contributed by atoms with E-state index in [2.05, 4.69) is 17.4 Å². The Hall–Kier alpha value is -1.36. The summed E-state index contributed by atoms with van der Waals surface area (Å²) in [7, 11) is 0. The normalized spacial score (nSPS) is 12.2. The highest BCUT2D eigenvalue weighted by Crippen LogP contribution is 2.22. The number of rotatable bonds is 0. The number of nitrogens with one attached hydrogen (secondary N) is 1. The van der Waals surface area contributed by atoms with Crippen molar-refractivity contribution in [3.05, 3.63) is 24.3 Å². The zero-order valence-corrected chi connectivity index (χ0v) is 7.48. The number of ether oxygens (including phenoxy) is 1. The van der Waals surface area contributed by atoms with Gasteiger partial charge in [0, 0.05) is 7.97 Å². The molecule has 0 unspecified atom stereocenters. The van der Waals surface area contributed by atoms with Crippen molar-refractivity contribution >= 4 is 5.69 Å². The predicted octanol–water partition coefficient (Wildman–Crippen LogP) is 2.36. The van der Waals surface area contributed by atoms with Crippen LogP contribution in [-0.4, -0.2) is 13.2 Å². The molecule has 2 heteroatoms. The van der Waals surface area contributed by atoms with Crippen LogP contribution in [0.15, 0.2) is 12.1 Å². The molecule has 0 amide bonds. The molecular formula is C10H15NO. The smallest absolute Gasteiger partial charge is 0.193 e. The monoisotopic (exact) mass is 165 g/mol. The Kier molecular flexibility index (Phi) is 3.28. The Morgan fingerprint density at radius 3 is 3.17 bits per heavy atom. The van der Waals surface area contributed by atoms with Crippen molar-refractivity contribution in [3.8, 4) is 5.75 Å². The van der Waals surface area contributed by atoms with Crippen LogP contribution in [0.25, 0.3) is 0 Å². The lowest BCUT2D eigenvalue weighted by Crippen LogP contribution is -2.17. The molecule has 1 N–H and O–H groups in total. The first kappa shape index (κ1) is 8.73. The Labute approximate surface area is 75.0 Å². The molecule has 2 nitrogen and oxygen atoms in total. The molecular weight excluding hydrogens is 150 g/mol. The number of hydrogen-bond acceptors (Lipinski definition) is 2. The molecule has 0 aliphatic carbocycles. The average molecular weight is 165 g/mol. The molecule has 12 heavy (non-hydrogen) atoms. The molecule has 0 saturated heterocycles. The van der Waals surface area contributed by atoms with Gasteiger partial charge in [-0.1, -0.05) is 19.9 Å². The predicted molar refractivity (Wildman–Crippen MR) is 51.6 cm³/mol. The first-order valence-electron chi connectivity index (χ1n) is 4.26. The van der Waals surface area contributed by atoms with Gasteiger partial charge in [0.2, 0.25) is 0 Å². The van der Waals surface area contributed by atoms with Crippen LogP contribution in [0.4, 0.5) is 5.69 Å². The van der Waals surface area contributed by atoms with Gasteiger partial charge in [-0.15, -0.1) is 0 Å². The SMILES string of the molecule is CC.[HH].c1ccc2c(c#1)OCCN2. The molecule has 0 fully saturated rings. The lowest BCUT2D eigenvalue weighted by atomic mass is 10.3. The van der Waals surface area contributed by atoms with E-state index in [1.165, 1.54) is 0 Å². The lowest BCUT2D eigenvalue weighted by molar-refractivity contribution is 0.323. The van der Waals surface area contributed by atoms with Gasteiger partial charge in [-0.3, -0.25) is 0 Å². The third-order valence-electron chi connectivity index (χ3n) is 1.43. The van der Waals surface area contributed by atoms with Gasteiger partial charge in [0.05, 0.1) is 5.69 Å². The van der Waals surface area contributed by atoms with Crippen LogP contribution in [0.2, 0.25) is 0 Å². The standard InChI is InChI=1S/C8H7NO.C2H6.H2/c1-2-4-8-7(3-1)9-5-6-10-8;1-2;/h1,3,9H,5-6H2;1-2H3;1H. The maximum Gasteiger partial charge on any atom is 0.193 e. The molecule has 1 aliphatic heterocycles. The summed E-state index contributed by atoms with van der Waals surface area (Å²) in [6.07, 6.45) is 0. The molecule has 1 aromatic carbocycles. The minimum absolute atomic E-state index is 0. The summed E-state index contributed by atoms with van der Waals surface area (Å²) < 4.78 is 5.27. The van der Waals surface area contributed by atoms with Crippen molar-refractivity contribution in [1.29, 1.82) is 0 Å². The van der Waals surface area contributed by atoms with Crippen LogP contribution < -0.4 is 10.1 Å². The van der Waals surface area contributed by atoms with Crippen molar-refractivity contribution in [2.24, 2.45) is 0 Å².